The Morgan fingerprint density at radius 1 is 0.342 bits per heavy atom. The zero-order chi connectivity index (χ0) is 25.9. The summed E-state index contributed by atoms with van der Waals surface area (Å²) in [7, 11) is 0. The van der Waals surface area contributed by atoms with Crippen LogP contribution in [0.3, 0.4) is 0 Å². The zero-order valence-corrected chi connectivity index (χ0v) is 23.1. The number of aromatic nitrogens is 5. The lowest BCUT2D eigenvalue weighted by molar-refractivity contribution is 1.07. The minimum atomic E-state index is 0.600. The molecular formula is C31H19Br2N5. The number of pyridine rings is 2. The van der Waals surface area contributed by atoms with Crippen LogP contribution in [0.5, 0.6) is 0 Å². The van der Waals surface area contributed by atoms with Crippen molar-refractivity contribution >= 4 is 31.9 Å². The Labute approximate surface area is 237 Å². The zero-order valence-electron chi connectivity index (χ0n) is 20.0. The molecule has 0 atom stereocenters. The van der Waals surface area contributed by atoms with Crippen LogP contribution in [-0.2, 0) is 0 Å². The first-order valence-electron chi connectivity index (χ1n) is 11.9. The summed E-state index contributed by atoms with van der Waals surface area (Å²) in [5.41, 5.74) is 7.14. The lowest BCUT2D eigenvalue weighted by atomic mass is 10.0. The lowest BCUT2D eigenvalue weighted by Gasteiger charge is -2.10. The molecular weight excluding hydrogens is 602 g/mol. The molecule has 3 aromatic heterocycles. The van der Waals surface area contributed by atoms with E-state index in [2.05, 4.69) is 66.1 Å². The van der Waals surface area contributed by atoms with Gasteiger partial charge in [0.25, 0.3) is 0 Å². The van der Waals surface area contributed by atoms with E-state index in [1.165, 1.54) is 0 Å². The molecule has 0 N–H and O–H groups in total. The summed E-state index contributed by atoms with van der Waals surface area (Å²) >= 11 is 7.17. The molecule has 0 radical (unpaired) electrons. The van der Waals surface area contributed by atoms with E-state index in [0.29, 0.717) is 17.5 Å². The van der Waals surface area contributed by atoms with Gasteiger partial charge in [-0.2, -0.15) is 0 Å². The van der Waals surface area contributed by atoms with E-state index in [1.54, 1.807) is 24.8 Å². The molecule has 6 rings (SSSR count). The molecule has 0 fully saturated rings. The molecule has 6 aromatic rings. The first kappa shape index (κ1) is 24.3. The highest BCUT2D eigenvalue weighted by Gasteiger charge is 2.14. The van der Waals surface area contributed by atoms with Gasteiger partial charge in [0.15, 0.2) is 17.5 Å². The third kappa shape index (κ3) is 5.30. The molecule has 0 aliphatic rings. The fourth-order valence-corrected chi connectivity index (χ4v) is 5.45. The molecule has 3 aromatic carbocycles. The highest BCUT2D eigenvalue weighted by molar-refractivity contribution is 9.11. The second-order valence-electron chi connectivity index (χ2n) is 8.59. The van der Waals surface area contributed by atoms with Gasteiger partial charge in [0.2, 0.25) is 0 Å². The molecule has 7 heteroatoms. The topological polar surface area (TPSA) is 64.5 Å². The maximum Gasteiger partial charge on any atom is 0.164 e. The average Bonchev–Trinajstić information content (AvgIpc) is 2.97. The summed E-state index contributed by atoms with van der Waals surface area (Å²) < 4.78 is 1.88. The second kappa shape index (κ2) is 10.7. The molecule has 38 heavy (non-hydrogen) atoms. The van der Waals surface area contributed by atoms with Crippen LogP contribution >= 0.6 is 31.9 Å². The first-order valence-corrected chi connectivity index (χ1v) is 13.5. The third-order valence-corrected chi connectivity index (χ3v) is 6.99. The van der Waals surface area contributed by atoms with Crippen molar-refractivity contribution < 1.29 is 0 Å². The SMILES string of the molecule is Brc1cc(Br)cc(-c2nc(-c3ccc(-c4ccncc4)cc3)nc(-c3ccc(-c4ccncc4)cc3)n2)c1. The van der Waals surface area contributed by atoms with Crippen LogP contribution in [0.2, 0.25) is 0 Å². The molecule has 0 saturated heterocycles. The quantitative estimate of drug-likeness (QED) is 0.193. The standard InChI is InChI=1S/C31H19Br2N5/c32-27-17-26(18-28(33)19-27)31-37-29(24-5-1-20(2-6-24)22-9-13-34-14-10-22)36-30(38-31)25-7-3-21(4-8-25)23-11-15-35-16-12-23/h1-19H. The van der Waals surface area contributed by atoms with E-state index in [0.717, 1.165) is 47.9 Å². The van der Waals surface area contributed by atoms with Crippen molar-refractivity contribution in [2.24, 2.45) is 0 Å². The number of benzene rings is 3. The Balaban J connectivity index is 1.44. The van der Waals surface area contributed by atoms with Crippen molar-refractivity contribution in [3.8, 4) is 56.4 Å². The van der Waals surface area contributed by atoms with E-state index in [-0.39, 0.29) is 0 Å². The third-order valence-electron chi connectivity index (χ3n) is 6.07. The number of nitrogens with zero attached hydrogens (tertiary/aromatic N) is 5. The molecule has 182 valence electrons. The summed E-state index contributed by atoms with van der Waals surface area (Å²) in [6, 6.07) is 30.5. The van der Waals surface area contributed by atoms with Gasteiger partial charge < -0.3 is 0 Å². The maximum absolute atomic E-state index is 4.88. The van der Waals surface area contributed by atoms with E-state index in [4.69, 9.17) is 15.0 Å². The Bertz CT molecular complexity index is 1590. The van der Waals surface area contributed by atoms with E-state index in [1.807, 2.05) is 66.7 Å². The molecule has 3 heterocycles. The number of halogens is 2. The fraction of sp³-hybridized carbons (Fsp3) is 0. The molecule has 0 amide bonds. The Kier molecular flexibility index (Phi) is 6.86. The lowest BCUT2D eigenvalue weighted by Crippen LogP contribution is -2.00. The predicted molar refractivity (Wildman–Crippen MR) is 158 cm³/mol. The maximum atomic E-state index is 4.88. The summed E-state index contributed by atoms with van der Waals surface area (Å²) in [5, 5.41) is 0. The number of hydrogen-bond acceptors (Lipinski definition) is 5. The van der Waals surface area contributed by atoms with Crippen LogP contribution in [0.1, 0.15) is 0 Å². The van der Waals surface area contributed by atoms with Gasteiger partial charge in [-0.3, -0.25) is 9.97 Å². The van der Waals surface area contributed by atoms with Crippen LogP contribution in [0.15, 0.2) is 125 Å². The molecule has 0 aliphatic heterocycles. The smallest absolute Gasteiger partial charge is 0.164 e. The van der Waals surface area contributed by atoms with Crippen LogP contribution in [-0.4, -0.2) is 24.9 Å². The first-order chi connectivity index (χ1) is 18.6. The van der Waals surface area contributed by atoms with Crippen LogP contribution in [0.4, 0.5) is 0 Å². The number of rotatable bonds is 5. The summed E-state index contributed by atoms with van der Waals surface area (Å²) in [4.78, 5) is 22.8. The van der Waals surface area contributed by atoms with Gasteiger partial charge in [-0.25, -0.2) is 15.0 Å². The minimum absolute atomic E-state index is 0.600. The van der Waals surface area contributed by atoms with E-state index in [9.17, 15) is 0 Å². The van der Waals surface area contributed by atoms with Crippen LogP contribution in [0, 0.1) is 0 Å². The van der Waals surface area contributed by atoms with Crippen molar-refractivity contribution in [3.05, 3.63) is 125 Å². The predicted octanol–water partition coefficient (Wildman–Crippen LogP) is 8.52. The summed E-state index contributed by atoms with van der Waals surface area (Å²) in [5.74, 6) is 1.82. The highest BCUT2D eigenvalue weighted by Crippen LogP contribution is 2.30. The molecule has 0 aliphatic carbocycles. The van der Waals surface area contributed by atoms with E-state index < -0.39 is 0 Å². The summed E-state index contributed by atoms with van der Waals surface area (Å²) in [6.45, 7) is 0. The van der Waals surface area contributed by atoms with Crippen molar-refractivity contribution in [2.45, 2.75) is 0 Å². The monoisotopic (exact) mass is 619 g/mol. The van der Waals surface area contributed by atoms with Crippen LogP contribution in [0.25, 0.3) is 56.4 Å². The molecule has 0 spiro atoms. The number of hydrogen-bond donors (Lipinski definition) is 0. The largest absolute Gasteiger partial charge is 0.265 e. The van der Waals surface area contributed by atoms with Crippen LogP contribution < -0.4 is 0 Å². The van der Waals surface area contributed by atoms with Crippen molar-refractivity contribution in [2.75, 3.05) is 0 Å². The van der Waals surface area contributed by atoms with Gasteiger partial charge in [0, 0.05) is 50.4 Å². The molecule has 0 bridgehead atoms. The van der Waals surface area contributed by atoms with Gasteiger partial charge in [-0.15, -0.1) is 0 Å². The highest BCUT2D eigenvalue weighted by atomic mass is 79.9. The second-order valence-corrected chi connectivity index (χ2v) is 10.4. The van der Waals surface area contributed by atoms with E-state index >= 15 is 0 Å². The van der Waals surface area contributed by atoms with Crippen molar-refractivity contribution in [3.63, 3.8) is 0 Å². The average molecular weight is 621 g/mol. The van der Waals surface area contributed by atoms with Crippen molar-refractivity contribution in [1.29, 1.82) is 0 Å². The van der Waals surface area contributed by atoms with Gasteiger partial charge >= 0.3 is 0 Å². The summed E-state index contributed by atoms with van der Waals surface area (Å²) in [6.07, 6.45) is 7.18. The molecule has 5 nitrogen and oxygen atoms in total. The molecule has 0 unspecified atom stereocenters. The fourth-order valence-electron chi connectivity index (χ4n) is 4.16. The van der Waals surface area contributed by atoms with Gasteiger partial charge in [0.05, 0.1) is 0 Å². The van der Waals surface area contributed by atoms with Gasteiger partial charge in [0.1, 0.15) is 0 Å². The van der Waals surface area contributed by atoms with Crippen molar-refractivity contribution in [1.82, 2.24) is 24.9 Å². The Morgan fingerprint density at radius 3 is 1.05 bits per heavy atom. The van der Waals surface area contributed by atoms with Gasteiger partial charge in [-0.1, -0.05) is 80.4 Å². The van der Waals surface area contributed by atoms with Gasteiger partial charge in [-0.05, 0) is 64.7 Å². The minimum Gasteiger partial charge on any atom is -0.265 e. The normalized spacial score (nSPS) is 10.9. The molecule has 0 saturated carbocycles. The Hall–Kier alpha value is -4.07. The Morgan fingerprint density at radius 2 is 0.658 bits per heavy atom.